The molecule has 4 nitrogen and oxygen atoms in total. The molecule has 0 heterocycles. The van der Waals surface area contributed by atoms with Gasteiger partial charge in [-0.05, 0) is 44.1 Å². The van der Waals surface area contributed by atoms with E-state index in [0.717, 1.165) is 18.9 Å². The van der Waals surface area contributed by atoms with Crippen LogP contribution in [0.25, 0.3) is 0 Å². The van der Waals surface area contributed by atoms with Crippen LogP contribution in [0.3, 0.4) is 0 Å². The zero-order valence-corrected chi connectivity index (χ0v) is 14.5. The Bertz CT molecular complexity index is 666. The Labute approximate surface area is 149 Å². The minimum Gasteiger partial charge on any atom is -0.481 e. The van der Waals surface area contributed by atoms with Crippen LogP contribution >= 0.6 is 0 Å². The van der Waals surface area contributed by atoms with Crippen LogP contribution in [0, 0.1) is 11.2 Å². The van der Waals surface area contributed by atoms with E-state index in [1.807, 2.05) is 0 Å². The average Bonchev–Trinajstić information content (AvgIpc) is 2.46. The number of carbonyl (C=O) groups excluding carboxylic acids is 1. The van der Waals surface area contributed by atoms with Gasteiger partial charge in [0.05, 0.1) is 6.04 Å². The van der Waals surface area contributed by atoms with Crippen molar-refractivity contribution in [3.05, 3.63) is 29.6 Å². The van der Waals surface area contributed by atoms with Crippen molar-refractivity contribution in [2.24, 2.45) is 5.41 Å². The van der Waals surface area contributed by atoms with Gasteiger partial charge in [-0.2, -0.15) is 13.2 Å². The Hall–Kier alpha value is -1.99. The highest BCUT2D eigenvalue weighted by atomic mass is 19.4. The first-order valence-corrected chi connectivity index (χ1v) is 8.72. The normalized spacial score (nSPS) is 20.0. The van der Waals surface area contributed by atoms with Crippen LogP contribution in [0.4, 0.5) is 22.4 Å². The summed E-state index contributed by atoms with van der Waals surface area (Å²) in [5, 5.41) is 5.50. The molecule has 2 fully saturated rings. The molecule has 2 aliphatic rings. The molecule has 0 saturated heterocycles. The molecule has 1 aromatic carbocycles. The van der Waals surface area contributed by atoms with Gasteiger partial charge in [0.15, 0.2) is 18.2 Å². The molecule has 26 heavy (non-hydrogen) atoms. The number of hydrogen-bond donors (Lipinski definition) is 2. The molecule has 0 aromatic heterocycles. The zero-order valence-electron chi connectivity index (χ0n) is 14.5. The Morgan fingerprint density at radius 2 is 2.04 bits per heavy atom. The number of benzene rings is 1. The quantitative estimate of drug-likeness (QED) is 0.748. The highest BCUT2D eigenvalue weighted by molar-refractivity contribution is 5.75. The van der Waals surface area contributed by atoms with E-state index in [4.69, 9.17) is 0 Å². The highest BCUT2D eigenvalue weighted by Crippen LogP contribution is 2.55. The third-order valence-corrected chi connectivity index (χ3v) is 5.31. The van der Waals surface area contributed by atoms with E-state index < -0.39 is 36.4 Å². The van der Waals surface area contributed by atoms with Crippen LogP contribution in [0.2, 0.25) is 0 Å². The maximum Gasteiger partial charge on any atom is 0.422 e. The summed E-state index contributed by atoms with van der Waals surface area (Å²) in [6, 6.07) is 2.96. The minimum atomic E-state index is -4.55. The number of rotatable bonds is 5. The van der Waals surface area contributed by atoms with E-state index in [9.17, 15) is 22.4 Å². The van der Waals surface area contributed by atoms with Gasteiger partial charge in [0.1, 0.15) is 0 Å². The number of halogens is 4. The van der Waals surface area contributed by atoms with Crippen LogP contribution in [0.1, 0.15) is 50.6 Å². The summed E-state index contributed by atoms with van der Waals surface area (Å²) in [7, 11) is 0. The molecule has 2 N–H and O–H groups in total. The molecule has 2 amide bonds. The predicted octanol–water partition coefficient (Wildman–Crippen LogP) is 4.46. The summed E-state index contributed by atoms with van der Waals surface area (Å²) in [6.45, 7) is -0.00117. The molecular weight excluding hydrogens is 352 g/mol. The van der Waals surface area contributed by atoms with Gasteiger partial charge in [-0.1, -0.05) is 18.6 Å². The Kier molecular flexibility index (Phi) is 5.03. The molecule has 0 bridgehead atoms. The molecule has 3 rings (SSSR count). The topological polar surface area (TPSA) is 50.4 Å². The maximum atomic E-state index is 14.4. The summed E-state index contributed by atoms with van der Waals surface area (Å²) < 4.78 is 55.6. The zero-order chi connectivity index (χ0) is 18.9. The van der Waals surface area contributed by atoms with Crippen molar-refractivity contribution in [2.75, 3.05) is 6.61 Å². The van der Waals surface area contributed by atoms with E-state index in [1.54, 1.807) is 6.92 Å². The van der Waals surface area contributed by atoms with E-state index in [0.29, 0.717) is 5.41 Å². The highest BCUT2D eigenvalue weighted by Gasteiger charge is 2.48. The lowest BCUT2D eigenvalue weighted by molar-refractivity contribution is -0.153. The smallest absolute Gasteiger partial charge is 0.422 e. The predicted molar refractivity (Wildman–Crippen MR) is 87.3 cm³/mol. The van der Waals surface area contributed by atoms with Crippen LogP contribution in [0.5, 0.6) is 5.75 Å². The van der Waals surface area contributed by atoms with Crippen LogP contribution in [0.15, 0.2) is 18.2 Å². The summed E-state index contributed by atoms with van der Waals surface area (Å²) >= 11 is 0. The van der Waals surface area contributed by atoms with Crippen molar-refractivity contribution in [3.8, 4) is 5.75 Å². The summed E-state index contributed by atoms with van der Waals surface area (Å²) in [4.78, 5) is 12.1. The Morgan fingerprint density at radius 1 is 1.35 bits per heavy atom. The fraction of sp³-hybridized carbons (Fsp3) is 0.611. The molecule has 1 spiro atoms. The van der Waals surface area contributed by atoms with Crippen molar-refractivity contribution in [3.63, 3.8) is 0 Å². The first kappa shape index (κ1) is 18.8. The lowest BCUT2D eigenvalue weighted by Crippen LogP contribution is -2.55. The lowest BCUT2D eigenvalue weighted by Gasteiger charge is -2.54. The van der Waals surface area contributed by atoms with Gasteiger partial charge < -0.3 is 15.4 Å². The second-order valence-electron chi connectivity index (χ2n) is 7.36. The van der Waals surface area contributed by atoms with Gasteiger partial charge in [0.25, 0.3) is 0 Å². The fourth-order valence-electron chi connectivity index (χ4n) is 3.81. The summed E-state index contributed by atoms with van der Waals surface area (Å²) in [5.74, 6) is -1.39. The number of nitrogens with one attached hydrogen (secondary N) is 2. The molecule has 2 saturated carbocycles. The number of carbonyl (C=O) groups is 1. The van der Waals surface area contributed by atoms with Crippen molar-refractivity contribution >= 4 is 6.03 Å². The van der Waals surface area contributed by atoms with Gasteiger partial charge in [-0.15, -0.1) is 0 Å². The molecule has 0 radical (unpaired) electrons. The van der Waals surface area contributed by atoms with E-state index in [-0.39, 0.29) is 11.6 Å². The molecule has 8 heteroatoms. The first-order chi connectivity index (χ1) is 12.2. The second kappa shape index (κ2) is 6.96. The van der Waals surface area contributed by atoms with Crippen molar-refractivity contribution in [1.29, 1.82) is 0 Å². The van der Waals surface area contributed by atoms with Gasteiger partial charge in [0.2, 0.25) is 0 Å². The fourth-order valence-corrected chi connectivity index (χ4v) is 3.81. The first-order valence-electron chi connectivity index (χ1n) is 8.72. The van der Waals surface area contributed by atoms with Crippen LogP contribution in [-0.2, 0) is 0 Å². The molecular formula is C18H22F4N2O2. The number of alkyl halides is 3. The van der Waals surface area contributed by atoms with E-state index in [1.165, 1.54) is 31.4 Å². The SMILES string of the molecule is CC(NC(=O)NC1CC2(CCC2)C1)c1cccc(OCC(F)(F)F)c1F. The number of amides is 2. The molecule has 1 aromatic rings. The molecule has 2 aliphatic carbocycles. The maximum absolute atomic E-state index is 14.4. The summed E-state index contributed by atoms with van der Waals surface area (Å²) in [6.07, 6.45) is 1.10. The third-order valence-electron chi connectivity index (χ3n) is 5.31. The van der Waals surface area contributed by atoms with Crippen molar-refractivity contribution in [2.45, 2.75) is 57.3 Å². The summed E-state index contributed by atoms with van der Waals surface area (Å²) in [5.41, 5.74) is 0.503. The van der Waals surface area contributed by atoms with Crippen LogP contribution in [-0.4, -0.2) is 24.9 Å². The third kappa shape index (κ3) is 4.22. The van der Waals surface area contributed by atoms with Crippen molar-refractivity contribution < 1.29 is 27.1 Å². The van der Waals surface area contributed by atoms with Gasteiger partial charge in [-0.25, -0.2) is 9.18 Å². The molecule has 0 aliphatic heterocycles. The monoisotopic (exact) mass is 374 g/mol. The Balaban J connectivity index is 1.53. The number of urea groups is 1. The van der Waals surface area contributed by atoms with E-state index in [2.05, 4.69) is 15.4 Å². The number of hydrogen-bond acceptors (Lipinski definition) is 2. The number of ether oxygens (including phenoxy) is 1. The average molecular weight is 374 g/mol. The second-order valence-corrected chi connectivity index (χ2v) is 7.36. The van der Waals surface area contributed by atoms with Crippen LogP contribution < -0.4 is 15.4 Å². The van der Waals surface area contributed by atoms with Gasteiger partial charge >= 0.3 is 12.2 Å². The lowest BCUT2D eigenvalue weighted by atomic mass is 9.54. The molecule has 1 unspecified atom stereocenters. The molecule has 144 valence electrons. The van der Waals surface area contributed by atoms with E-state index >= 15 is 0 Å². The minimum absolute atomic E-state index is 0.0731. The Morgan fingerprint density at radius 3 is 2.62 bits per heavy atom. The van der Waals surface area contributed by atoms with Crippen molar-refractivity contribution in [1.82, 2.24) is 10.6 Å². The largest absolute Gasteiger partial charge is 0.481 e. The van der Waals surface area contributed by atoms with Gasteiger partial charge in [-0.3, -0.25) is 0 Å². The standard InChI is InChI=1S/C18H22F4N2O2/c1-11(23-16(25)24-12-8-17(9-12)6-3-7-17)13-4-2-5-14(15(13)19)26-10-18(20,21)22/h2,4-5,11-12H,3,6-10H2,1H3,(H2,23,24,25). The molecule has 1 atom stereocenters. The van der Waals surface area contributed by atoms with Gasteiger partial charge in [0, 0.05) is 11.6 Å².